The van der Waals surface area contributed by atoms with E-state index in [1.807, 2.05) is 35.0 Å². The zero-order valence-corrected chi connectivity index (χ0v) is 7.91. The maximum absolute atomic E-state index is 4.42. The van der Waals surface area contributed by atoms with Crippen LogP contribution in [0.2, 0.25) is 0 Å². The van der Waals surface area contributed by atoms with Gasteiger partial charge in [-0.2, -0.15) is 0 Å². The van der Waals surface area contributed by atoms with Gasteiger partial charge in [-0.15, -0.1) is 0 Å². The Bertz CT molecular complexity index is 586. The molecule has 3 heterocycles. The fourth-order valence-corrected chi connectivity index (χ4v) is 1.48. The summed E-state index contributed by atoms with van der Waals surface area (Å²) in [7, 11) is 0. The van der Waals surface area contributed by atoms with E-state index in [0.717, 1.165) is 11.3 Å². The standard InChI is InChI=1S/C11H8N4/c1-2-9(8-12-4-1)10-3-6-15-7-5-13-11(15)14-10/h1-8H. The van der Waals surface area contributed by atoms with E-state index >= 15 is 0 Å². The molecule has 3 rings (SSSR count). The first-order chi connectivity index (χ1) is 7.43. The predicted molar refractivity (Wildman–Crippen MR) is 56.2 cm³/mol. The molecule has 0 saturated carbocycles. The van der Waals surface area contributed by atoms with Crippen molar-refractivity contribution < 1.29 is 0 Å². The molecule has 0 bridgehead atoms. The Morgan fingerprint density at radius 1 is 1.07 bits per heavy atom. The lowest BCUT2D eigenvalue weighted by molar-refractivity contribution is 1.11. The van der Waals surface area contributed by atoms with Crippen LogP contribution in [0.5, 0.6) is 0 Å². The molecule has 0 unspecified atom stereocenters. The van der Waals surface area contributed by atoms with E-state index in [0.29, 0.717) is 5.78 Å². The Kier molecular flexibility index (Phi) is 1.71. The predicted octanol–water partition coefficient (Wildman–Crippen LogP) is 1.79. The van der Waals surface area contributed by atoms with Gasteiger partial charge < -0.3 is 0 Å². The second-order valence-corrected chi connectivity index (χ2v) is 3.19. The van der Waals surface area contributed by atoms with Crippen molar-refractivity contribution in [1.82, 2.24) is 19.4 Å². The highest BCUT2D eigenvalue weighted by molar-refractivity contribution is 5.59. The summed E-state index contributed by atoms with van der Waals surface area (Å²) >= 11 is 0. The summed E-state index contributed by atoms with van der Waals surface area (Å²) in [5.41, 5.74) is 1.89. The van der Waals surface area contributed by atoms with Gasteiger partial charge in [0.05, 0.1) is 5.69 Å². The largest absolute Gasteiger partial charge is 0.291 e. The summed E-state index contributed by atoms with van der Waals surface area (Å²) in [6.07, 6.45) is 9.09. The Morgan fingerprint density at radius 2 is 2.07 bits per heavy atom. The average molecular weight is 196 g/mol. The molecule has 15 heavy (non-hydrogen) atoms. The normalized spacial score (nSPS) is 10.7. The van der Waals surface area contributed by atoms with Gasteiger partial charge in [-0.3, -0.25) is 9.38 Å². The lowest BCUT2D eigenvalue weighted by Crippen LogP contribution is -1.90. The van der Waals surface area contributed by atoms with Crippen molar-refractivity contribution in [3.63, 3.8) is 0 Å². The molecule has 3 aromatic heterocycles. The first kappa shape index (κ1) is 8.11. The summed E-state index contributed by atoms with van der Waals surface area (Å²) in [4.78, 5) is 12.6. The zero-order valence-electron chi connectivity index (χ0n) is 7.91. The third kappa shape index (κ3) is 1.36. The van der Waals surface area contributed by atoms with Gasteiger partial charge in [0.1, 0.15) is 0 Å². The summed E-state index contributed by atoms with van der Waals surface area (Å²) in [5, 5.41) is 0. The quantitative estimate of drug-likeness (QED) is 0.596. The summed E-state index contributed by atoms with van der Waals surface area (Å²) in [5.74, 6) is 0.705. The lowest BCUT2D eigenvalue weighted by Gasteiger charge is -1.99. The van der Waals surface area contributed by atoms with E-state index in [-0.39, 0.29) is 0 Å². The van der Waals surface area contributed by atoms with E-state index in [9.17, 15) is 0 Å². The van der Waals surface area contributed by atoms with Crippen LogP contribution in [0.3, 0.4) is 0 Å². The highest BCUT2D eigenvalue weighted by Gasteiger charge is 2.00. The maximum Gasteiger partial charge on any atom is 0.234 e. The fraction of sp³-hybridized carbons (Fsp3) is 0. The number of imidazole rings is 1. The molecule has 0 aliphatic heterocycles. The topological polar surface area (TPSA) is 43.1 Å². The van der Waals surface area contributed by atoms with Gasteiger partial charge in [-0.1, -0.05) is 0 Å². The smallest absolute Gasteiger partial charge is 0.234 e. The number of pyridine rings is 1. The van der Waals surface area contributed by atoms with Gasteiger partial charge in [0.15, 0.2) is 0 Å². The second-order valence-electron chi connectivity index (χ2n) is 3.19. The number of hydrogen-bond donors (Lipinski definition) is 0. The fourth-order valence-electron chi connectivity index (χ4n) is 1.48. The van der Waals surface area contributed by atoms with Crippen LogP contribution in [-0.4, -0.2) is 19.4 Å². The second kappa shape index (κ2) is 3.16. The zero-order chi connectivity index (χ0) is 10.1. The van der Waals surface area contributed by atoms with Crippen LogP contribution in [-0.2, 0) is 0 Å². The van der Waals surface area contributed by atoms with Crippen molar-refractivity contribution in [3.05, 3.63) is 49.2 Å². The minimum atomic E-state index is 0.705. The molecule has 0 aliphatic carbocycles. The Hall–Kier alpha value is -2.23. The third-order valence-corrected chi connectivity index (χ3v) is 2.22. The molecule has 0 spiro atoms. The van der Waals surface area contributed by atoms with Crippen molar-refractivity contribution in [2.24, 2.45) is 0 Å². The van der Waals surface area contributed by atoms with Crippen molar-refractivity contribution >= 4 is 5.78 Å². The minimum absolute atomic E-state index is 0.705. The number of nitrogens with zero attached hydrogens (tertiary/aromatic N) is 4. The van der Waals surface area contributed by atoms with Gasteiger partial charge in [-0.25, -0.2) is 9.97 Å². The molecule has 0 saturated heterocycles. The summed E-state index contributed by atoms with van der Waals surface area (Å²) in [6.45, 7) is 0. The molecule has 0 atom stereocenters. The van der Waals surface area contributed by atoms with Gasteiger partial charge in [0.25, 0.3) is 0 Å². The molecular formula is C11H8N4. The highest BCUT2D eigenvalue weighted by Crippen LogP contribution is 2.14. The van der Waals surface area contributed by atoms with Crippen LogP contribution < -0.4 is 0 Å². The van der Waals surface area contributed by atoms with Gasteiger partial charge in [0.2, 0.25) is 5.78 Å². The van der Waals surface area contributed by atoms with Crippen LogP contribution in [0.15, 0.2) is 49.2 Å². The number of rotatable bonds is 1. The highest BCUT2D eigenvalue weighted by atomic mass is 15.1. The Morgan fingerprint density at radius 3 is 2.93 bits per heavy atom. The lowest BCUT2D eigenvalue weighted by atomic mass is 10.2. The van der Waals surface area contributed by atoms with Crippen LogP contribution >= 0.6 is 0 Å². The van der Waals surface area contributed by atoms with Crippen LogP contribution in [0, 0.1) is 0 Å². The van der Waals surface area contributed by atoms with Crippen LogP contribution in [0.4, 0.5) is 0 Å². The van der Waals surface area contributed by atoms with Crippen molar-refractivity contribution in [3.8, 4) is 11.3 Å². The van der Waals surface area contributed by atoms with E-state index < -0.39 is 0 Å². The van der Waals surface area contributed by atoms with Gasteiger partial charge in [0, 0.05) is 36.5 Å². The van der Waals surface area contributed by atoms with Crippen LogP contribution in [0.1, 0.15) is 0 Å². The minimum Gasteiger partial charge on any atom is -0.291 e. The summed E-state index contributed by atoms with van der Waals surface area (Å²) < 4.78 is 1.87. The number of fused-ring (bicyclic) bond motifs is 1. The third-order valence-electron chi connectivity index (χ3n) is 2.22. The molecule has 0 fully saturated rings. The monoisotopic (exact) mass is 196 g/mol. The molecule has 0 aromatic carbocycles. The molecule has 0 amide bonds. The Labute approximate surface area is 86.3 Å². The van der Waals surface area contributed by atoms with Crippen molar-refractivity contribution in [2.45, 2.75) is 0 Å². The van der Waals surface area contributed by atoms with Crippen molar-refractivity contribution in [1.29, 1.82) is 0 Å². The maximum atomic E-state index is 4.42. The SMILES string of the molecule is c1cncc(-c2ccn3ccnc3n2)c1. The van der Waals surface area contributed by atoms with Crippen molar-refractivity contribution in [2.75, 3.05) is 0 Å². The summed E-state index contributed by atoms with van der Waals surface area (Å²) in [6, 6.07) is 5.83. The first-order valence-corrected chi connectivity index (χ1v) is 4.63. The molecule has 4 heteroatoms. The average Bonchev–Trinajstić information content (AvgIpc) is 2.77. The van der Waals surface area contributed by atoms with E-state index in [1.165, 1.54) is 0 Å². The van der Waals surface area contributed by atoms with E-state index in [1.54, 1.807) is 18.6 Å². The Balaban J connectivity index is 2.19. The molecule has 3 aromatic rings. The molecule has 0 N–H and O–H groups in total. The van der Waals surface area contributed by atoms with E-state index in [2.05, 4.69) is 15.0 Å². The first-order valence-electron chi connectivity index (χ1n) is 4.63. The molecule has 72 valence electrons. The molecule has 4 nitrogen and oxygen atoms in total. The molecule has 0 radical (unpaired) electrons. The number of hydrogen-bond acceptors (Lipinski definition) is 3. The molecule has 0 aliphatic rings. The van der Waals surface area contributed by atoms with E-state index in [4.69, 9.17) is 0 Å². The van der Waals surface area contributed by atoms with Gasteiger partial charge >= 0.3 is 0 Å². The molecular weight excluding hydrogens is 188 g/mol. The van der Waals surface area contributed by atoms with Crippen LogP contribution in [0.25, 0.3) is 17.0 Å². The van der Waals surface area contributed by atoms with Gasteiger partial charge in [-0.05, 0) is 18.2 Å². The number of aromatic nitrogens is 4.